The Morgan fingerprint density at radius 1 is 1.70 bits per heavy atom. The molecule has 0 nitrogen and oxygen atoms in total. The molecule has 0 fully saturated rings. The van der Waals surface area contributed by atoms with Gasteiger partial charge in [-0.3, -0.25) is 0 Å². The van der Waals surface area contributed by atoms with Crippen LogP contribution in [0.5, 0.6) is 0 Å². The van der Waals surface area contributed by atoms with Crippen LogP contribution in [0.1, 0.15) is 27.2 Å². The van der Waals surface area contributed by atoms with E-state index in [4.69, 9.17) is 0 Å². The Bertz CT molecular complexity index is 172. The molecule has 0 bridgehead atoms. The Hall–Kier alpha value is -0.520. The Morgan fingerprint density at radius 3 is 2.50 bits per heavy atom. The maximum absolute atomic E-state index is 3.84. The third-order valence-corrected chi connectivity index (χ3v) is 2.91. The van der Waals surface area contributed by atoms with Crippen molar-refractivity contribution >= 4 is 0 Å². The fourth-order valence-electron chi connectivity index (χ4n) is 1.54. The minimum absolute atomic E-state index is 0.363. The van der Waals surface area contributed by atoms with Crippen molar-refractivity contribution in [1.29, 1.82) is 0 Å². The van der Waals surface area contributed by atoms with Crippen LogP contribution >= 0.6 is 0 Å². The normalized spacial score (nSPS) is 29.9. The summed E-state index contributed by atoms with van der Waals surface area (Å²) in [5.41, 5.74) is 1.87. The van der Waals surface area contributed by atoms with E-state index in [-0.39, 0.29) is 0 Å². The zero-order valence-corrected chi connectivity index (χ0v) is 7.15. The first-order chi connectivity index (χ1) is 4.59. The van der Waals surface area contributed by atoms with Crippen LogP contribution in [0.4, 0.5) is 0 Å². The smallest absolute Gasteiger partial charge is 0.00818 e. The first-order valence-corrected chi connectivity index (χ1v) is 3.89. The topological polar surface area (TPSA) is 0 Å². The summed E-state index contributed by atoms with van der Waals surface area (Å²) in [5, 5.41) is 0. The van der Waals surface area contributed by atoms with E-state index in [0.717, 1.165) is 0 Å². The molecule has 0 heteroatoms. The van der Waals surface area contributed by atoms with E-state index in [1.807, 2.05) is 0 Å². The minimum atomic E-state index is 0.363. The number of hydrogen-bond donors (Lipinski definition) is 0. The summed E-state index contributed by atoms with van der Waals surface area (Å²) in [7, 11) is 0. The highest BCUT2D eigenvalue weighted by atomic mass is 14.4. The van der Waals surface area contributed by atoms with Crippen molar-refractivity contribution in [2.45, 2.75) is 27.2 Å². The summed E-state index contributed by atoms with van der Waals surface area (Å²) in [6.07, 6.45) is 5.59. The van der Waals surface area contributed by atoms with E-state index >= 15 is 0 Å². The van der Waals surface area contributed by atoms with Crippen LogP contribution < -0.4 is 0 Å². The summed E-state index contributed by atoms with van der Waals surface area (Å²) in [6.45, 7) is 10.6. The first kappa shape index (κ1) is 7.59. The van der Waals surface area contributed by atoms with Crippen molar-refractivity contribution in [3.8, 4) is 0 Å². The van der Waals surface area contributed by atoms with E-state index in [9.17, 15) is 0 Å². The molecule has 0 aromatic carbocycles. The lowest BCUT2D eigenvalue weighted by molar-refractivity contribution is 0.352. The summed E-state index contributed by atoms with van der Waals surface area (Å²) in [4.78, 5) is 0. The Morgan fingerprint density at radius 2 is 2.30 bits per heavy atom. The molecule has 1 unspecified atom stereocenters. The molecule has 0 aromatic heterocycles. The molecule has 1 rings (SSSR count). The van der Waals surface area contributed by atoms with Crippen LogP contribution in [0.25, 0.3) is 0 Å². The molecule has 0 aliphatic heterocycles. The minimum Gasteiger partial charge on any atom is -0.103 e. The summed E-state index contributed by atoms with van der Waals surface area (Å²) in [6, 6.07) is 0. The van der Waals surface area contributed by atoms with Gasteiger partial charge in [-0.15, -0.1) is 6.58 Å². The van der Waals surface area contributed by atoms with Gasteiger partial charge >= 0.3 is 0 Å². The molecule has 0 N–H and O–H groups in total. The van der Waals surface area contributed by atoms with Crippen molar-refractivity contribution in [2.75, 3.05) is 0 Å². The Kier molecular flexibility index (Phi) is 1.72. The summed E-state index contributed by atoms with van der Waals surface area (Å²) >= 11 is 0. The van der Waals surface area contributed by atoms with Crippen molar-refractivity contribution in [2.24, 2.45) is 11.3 Å². The lowest BCUT2D eigenvalue weighted by Crippen LogP contribution is -2.17. The highest BCUT2D eigenvalue weighted by molar-refractivity contribution is 5.21. The van der Waals surface area contributed by atoms with E-state index in [2.05, 4.69) is 39.5 Å². The van der Waals surface area contributed by atoms with Gasteiger partial charge < -0.3 is 0 Å². The molecule has 1 atom stereocenters. The molecule has 1 aliphatic carbocycles. The van der Waals surface area contributed by atoms with Crippen LogP contribution in [0.2, 0.25) is 0 Å². The van der Waals surface area contributed by atoms with Gasteiger partial charge in [0, 0.05) is 0 Å². The maximum Gasteiger partial charge on any atom is -0.00818 e. The SMILES string of the molecule is C=CC1CC=C(C)C1(C)C. The maximum atomic E-state index is 3.84. The number of allylic oxidation sites excluding steroid dienone is 3. The summed E-state index contributed by atoms with van der Waals surface area (Å²) < 4.78 is 0. The van der Waals surface area contributed by atoms with Gasteiger partial charge in [0.05, 0.1) is 0 Å². The predicted octanol–water partition coefficient (Wildman–Crippen LogP) is 3.16. The molecule has 0 saturated heterocycles. The monoisotopic (exact) mass is 136 g/mol. The van der Waals surface area contributed by atoms with Crippen molar-refractivity contribution in [1.82, 2.24) is 0 Å². The number of hydrogen-bond acceptors (Lipinski definition) is 0. The lowest BCUT2D eigenvalue weighted by Gasteiger charge is -2.26. The van der Waals surface area contributed by atoms with Gasteiger partial charge in [0.2, 0.25) is 0 Å². The average Bonchev–Trinajstić information content (AvgIpc) is 2.10. The fraction of sp³-hybridized carbons (Fsp3) is 0.600. The van der Waals surface area contributed by atoms with Crippen LogP contribution in [-0.4, -0.2) is 0 Å². The molecule has 0 amide bonds. The van der Waals surface area contributed by atoms with Gasteiger partial charge in [-0.05, 0) is 24.7 Å². The highest BCUT2D eigenvalue weighted by Crippen LogP contribution is 2.43. The molecule has 0 aromatic rings. The molecule has 10 heavy (non-hydrogen) atoms. The third kappa shape index (κ3) is 0.920. The molecule has 1 aliphatic rings. The van der Waals surface area contributed by atoms with Gasteiger partial charge in [0.1, 0.15) is 0 Å². The van der Waals surface area contributed by atoms with Gasteiger partial charge in [0.25, 0.3) is 0 Å². The molecule has 0 spiro atoms. The van der Waals surface area contributed by atoms with Gasteiger partial charge in [-0.25, -0.2) is 0 Å². The Balaban J connectivity index is 2.83. The molecular weight excluding hydrogens is 120 g/mol. The largest absolute Gasteiger partial charge is 0.103 e. The molecule has 0 heterocycles. The zero-order valence-electron chi connectivity index (χ0n) is 7.15. The van der Waals surface area contributed by atoms with Crippen molar-refractivity contribution in [3.05, 3.63) is 24.3 Å². The van der Waals surface area contributed by atoms with Gasteiger partial charge in [-0.1, -0.05) is 31.6 Å². The molecular formula is C10H16. The van der Waals surface area contributed by atoms with E-state index in [1.165, 1.54) is 12.0 Å². The van der Waals surface area contributed by atoms with Crippen LogP contribution in [-0.2, 0) is 0 Å². The predicted molar refractivity (Wildman–Crippen MR) is 45.8 cm³/mol. The molecule has 0 radical (unpaired) electrons. The Labute approximate surface area is 63.6 Å². The van der Waals surface area contributed by atoms with Crippen LogP contribution in [0.3, 0.4) is 0 Å². The van der Waals surface area contributed by atoms with E-state index in [0.29, 0.717) is 11.3 Å². The van der Waals surface area contributed by atoms with Crippen molar-refractivity contribution < 1.29 is 0 Å². The van der Waals surface area contributed by atoms with Crippen LogP contribution in [0, 0.1) is 11.3 Å². The third-order valence-electron chi connectivity index (χ3n) is 2.91. The first-order valence-electron chi connectivity index (χ1n) is 3.89. The van der Waals surface area contributed by atoms with E-state index < -0.39 is 0 Å². The second kappa shape index (κ2) is 2.26. The number of rotatable bonds is 1. The zero-order chi connectivity index (χ0) is 7.78. The quantitative estimate of drug-likeness (QED) is 0.486. The van der Waals surface area contributed by atoms with E-state index in [1.54, 1.807) is 0 Å². The second-order valence-electron chi connectivity index (χ2n) is 3.69. The molecule has 0 saturated carbocycles. The van der Waals surface area contributed by atoms with Crippen LogP contribution in [0.15, 0.2) is 24.3 Å². The highest BCUT2D eigenvalue weighted by Gasteiger charge is 2.32. The lowest BCUT2D eigenvalue weighted by atomic mass is 9.78. The fourth-order valence-corrected chi connectivity index (χ4v) is 1.54. The average molecular weight is 136 g/mol. The second-order valence-corrected chi connectivity index (χ2v) is 3.69. The van der Waals surface area contributed by atoms with Gasteiger partial charge in [0.15, 0.2) is 0 Å². The summed E-state index contributed by atoms with van der Waals surface area (Å²) in [5.74, 6) is 0.660. The van der Waals surface area contributed by atoms with Gasteiger partial charge in [-0.2, -0.15) is 0 Å². The van der Waals surface area contributed by atoms with Crippen molar-refractivity contribution in [3.63, 3.8) is 0 Å². The molecule has 56 valence electrons. The standard InChI is InChI=1S/C10H16/c1-5-9-7-6-8(2)10(9,3)4/h5-6,9H,1,7H2,2-4H3.